The summed E-state index contributed by atoms with van der Waals surface area (Å²) in [7, 11) is 1.14. The number of nitro benzene ring substituents is 1. The maximum absolute atomic E-state index is 11.7. The second-order valence-corrected chi connectivity index (χ2v) is 4.48. The second kappa shape index (κ2) is 5.27. The van der Waals surface area contributed by atoms with E-state index in [0.29, 0.717) is 5.56 Å². The van der Waals surface area contributed by atoms with Crippen molar-refractivity contribution >= 4 is 17.7 Å². The lowest BCUT2D eigenvalue weighted by molar-refractivity contribution is -0.386. The summed E-state index contributed by atoms with van der Waals surface area (Å²) in [6.45, 7) is -0.366. The minimum absolute atomic E-state index is 0.0462. The van der Waals surface area contributed by atoms with E-state index in [2.05, 4.69) is 4.74 Å². The van der Waals surface area contributed by atoms with Crippen LogP contribution in [-0.2, 0) is 22.5 Å². The molecule has 0 fully saturated rings. The number of aromatic hydroxyl groups is 1. The molecule has 0 aromatic heterocycles. The average Bonchev–Trinajstić information content (AvgIpc) is 2.44. The van der Waals surface area contributed by atoms with Gasteiger partial charge in [-0.15, -0.1) is 0 Å². The molecule has 21 heavy (non-hydrogen) atoms. The molecule has 2 rings (SSSR count). The van der Waals surface area contributed by atoms with Gasteiger partial charge in [0.15, 0.2) is 5.75 Å². The maximum Gasteiger partial charge on any atom is 0.408 e. The predicted octanol–water partition coefficient (Wildman–Crippen LogP) is 0.878. The Morgan fingerprint density at radius 2 is 2.14 bits per heavy atom. The van der Waals surface area contributed by atoms with Crippen molar-refractivity contribution in [1.82, 2.24) is 4.90 Å². The van der Waals surface area contributed by atoms with Crippen molar-refractivity contribution in [3.05, 3.63) is 33.4 Å². The van der Waals surface area contributed by atoms with Gasteiger partial charge in [0.25, 0.3) is 0 Å². The first-order chi connectivity index (χ1) is 9.86. The number of carbonyl (C=O) groups excluding carboxylic acids is 1. The lowest BCUT2D eigenvalue weighted by atomic mass is 9.92. The highest BCUT2D eigenvalue weighted by Gasteiger charge is 2.39. The number of phenolic OH excluding ortho intramolecular Hbond substituents is 1. The van der Waals surface area contributed by atoms with Crippen LogP contribution in [0.1, 0.15) is 11.1 Å². The van der Waals surface area contributed by atoms with E-state index in [-0.39, 0.29) is 18.5 Å². The van der Waals surface area contributed by atoms with Gasteiger partial charge < -0.3 is 14.9 Å². The molecule has 9 heteroatoms. The third-order valence-corrected chi connectivity index (χ3v) is 3.38. The summed E-state index contributed by atoms with van der Waals surface area (Å²) in [4.78, 5) is 33.9. The molecule has 0 bridgehead atoms. The monoisotopic (exact) mass is 296 g/mol. The molecular formula is C12H12N2O7. The van der Waals surface area contributed by atoms with Crippen LogP contribution in [0.2, 0.25) is 0 Å². The Labute approximate surface area is 118 Å². The molecule has 0 saturated heterocycles. The molecule has 0 aliphatic carbocycles. The van der Waals surface area contributed by atoms with Gasteiger partial charge in [-0.25, -0.2) is 9.59 Å². The second-order valence-electron chi connectivity index (χ2n) is 4.48. The van der Waals surface area contributed by atoms with Crippen molar-refractivity contribution in [3.63, 3.8) is 0 Å². The number of nitrogens with zero attached hydrogens (tertiary/aromatic N) is 2. The summed E-state index contributed by atoms with van der Waals surface area (Å²) in [6, 6.07) is 1.53. The zero-order valence-corrected chi connectivity index (χ0v) is 11.0. The van der Waals surface area contributed by atoms with Crippen LogP contribution < -0.4 is 0 Å². The highest BCUT2D eigenvalue weighted by Crippen LogP contribution is 2.37. The Hall–Kier alpha value is -2.84. The molecule has 9 nitrogen and oxygen atoms in total. The molecule has 1 heterocycles. The predicted molar refractivity (Wildman–Crippen MR) is 67.8 cm³/mol. The van der Waals surface area contributed by atoms with E-state index >= 15 is 0 Å². The minimum atomic E-state index is -1.39. The number of rotatable bonds is 2. The fourth-order valence-corrected chi connectivity index (χ4v) is 2.38. The molecule has 0 radical (unpaired) electrons. The smallest absolute Gasteiger partial charge is 0.408 e. The van der Waals surface area contributed by atoms with Crippen molar-refractivity contribution < 1.29 is 29.5 Å². The number of hydrogen-bond acceptors (Lipinski definition) is 6. The third-order valence-electron chi connectivity index (χ3n) is 3.38. The summed E-state index contributed by atoms with van der Waals surface area (Å²) in [5.41, 5.74) is -0.0166. The SMILES string of the molecule is COC(=O)[C@@H]1Cc2ccc(O)c([N+](=O)[O-])c2CN1C(=O)O. The number of fused-ring (bicyclic) bond motifs is 1. The number of benzene rings is 1. The summed E-state index contributed by atoms with van der Waals surface area (Å²) in [5.74, 6) is -1.28. The third kappa shape index (κ3) is 2.45. The van der Waals surface area contributed by atoms with Gasteiger partial charge in [-0.1, -0.05) is 6.07 Å². The molecule has 0 saturated carbocycles. The van der Waals surface area contributed by atoms with Gasteiger partial charge in [-0.2, -0.15) is 0 Å². The van der Waals surface area contributed by atoms with Gasteiger partial charge in [0.1, 0.15) is 6.04 Å². The highest BCUT2D eigenvalue weighted by atomic mass is 16.6. The summed E-state index contributed by atoms with van der Waals surface area (Å²) < 4.78 is 4.56. The first-order valence-corrected chi connectivity index (χ1v) is 5.92. The number of methoxy groups -OCH3 is 1. The van der Waals surface area contributed by atoms with Crippen LogP contribution >= 0.6 is 0 Å². The number of carbonyl (C=O) groups is 2. The van der Waals surface area contributed by atoms with Crippen LogP contribution in [0.4, 0.5) is 10.5 Å². The average molecular weight is 296 g/mol. The Bertz CT molecular complexity index is 628. The molecule has 1 aliphatic rings. The number of phenols is 1. The number of ether oxygens (including phenoxy) is 1. The zero-order valence-electron chi connectivity index (χ0n) is 11.0. The van der Waals surface area contributed by atoms with Gasteiger partial charge in [-0.3, -0.25) is 15.0 Å². The number of esters is 1. The molecular weight excluding hydrogens is 284 g/mol. The topological polar surface area (TPSA) is 130 Å². The van der Waals surface area contributed by atoms with Gasteiger partial charge in [0.2, 0.25) is 0 Å². The van der Waals surface area contributed by atoms with Crippen molar-refractivity contribution in [2.45, 2.75) is 19.0 Å². The van der Waals surface area contributed by atoms with Crippen LogP contribution in [0.15, 0.2) is 12.1 Å². The van der Waals surface area contributed by atoms with Crippen molar-refractivity contribution in [1.29, 1.82) is 0 Å². The van der Waals surface area contributed by atoms with Gasteiger partial charge in [0, 0.05) is 6.42 Å². The molecule has 1 aromatic rings. The lowest BCUT2D eigenvalue weighted by Crippen LogP contribution is -2.48. The van der Waals surface area contributed by atoms with Gasteiger partial charge in [-0.05, 0) is 11.6 Å². The summed E-state index contributed by atoms with van der Waals surface area (Å²) in [5, 5.41) is 29.8. The Kier molecular flexibility index (Phi) is 3.66. The van der Waals surface area contributed by atoms with E-state index in [0.717, 1.165) is 18.1 Å². The van der Waals surface area contributed by atoms with Crippen LogP contribution in [0.3, 0.4) is 0 Å². The molecule has 1 aliphatic heterocycles. The number of nitro groups is 1. The zero-order chi connectivity index (χ0) is 15.7. The van der Waals surface area contributed by atoms with E-state index in [1.165, 1.54) is 6.07 Å². The fourth-order valence-electron chi connectivity index (χ4n) is 2.38. The molecule has 1 aromatic carbocycles. The van der Waals surface area contributed by atoms with Crippen molar-refractivity contribution in [2.24, 2.45) is 0 Å². The quantitative estimate of drug-likeness (QED) is 0.470. The Balaban J connectivity index is 2.54. The van der Waals surface area contributed by atoms with Crippen LogP contribution in [-0.4, -0.2) is 45.3 Å². The Morgan fingerprint density at radius 3 is 2.67 bits per heavy atom. The number of amides is 1. The van der Waals surface area contributed by atoms with Crippen LogP contribution in [0.25, 0.3) is 0 Å². The van der Waals surface area contributed by atoms with Gasteiger partial charge in [0.05, 0.1) is 24.1 Å². The van der Waals surface area contributed by atoms with Crippen molar-refractivity contribution in [2.75, 3.05) is 7.11 Å². The molecule has 2 N–H and O–H groups in total. The molecule has 1 atom stereocenters. The van der Waals surface area contributed by atoms with E-state index in [1.807, 2.05) is 0 Å². The largest absolute Gasteiger partial charge is 0.502 e. The first-order valence-electron chi connectivity index (χ1n) is 5.92. The lowest BCUT2D eigenvalue weighted by Gasteiger charge is -2.32. The van der Waals surface area contributed by atoms with E-state index < -0.39 is 34.5 Å². The summed E-state index contributed by atoms with van der Waals surface area (Å²) in [6.07, 6.45) is -1.44. The fraction of sp³-hybridized carbons (Fsp3) is 0.333. The van der Waals surface area contributed by atoms with Gasteiger partial charge >= 0.3 is 17.7 Å². The number of hydrogen-bond donors (Lipinski definition) is 2. The van der Waals surface area contributed by atoms with Crippen LogP contribution in [0.5, 0.6) is 5.75 Å². The van der Waals surface area contributed by atoms with Crippen LogP contribution in [0, 0.1) is 10.1 Å². The minimum Gasteiger partial charge on any atom is -0.502 e. The van der Waals surface area contributed by atoms with Crippen molar-refractivity contribution in [3.8, 4) is 5.75 Å². The summed E-state index contributed by atoms with van der Waals surface area (Å²) >= 11 is 0. The standard InChI is InChI=1S/C12H12N2O7/c1-21-11(16)8-4-6-2-3-9(15)10(14(19)20)7(6)5-13(8)12(17)18/h2-3,8,15H,4-5H2,1H3,(H,17,18)/t8-/m0/s1. The normalized spacial score (nSPS) is 17.0. The molecule has 0 unspecified atom stereocenters. The van der Waals surface area contributed by atoms with E-state index in [1.54, 1.807) is 0 Å². The first kappa shape index (κ1) is 14.6. The Morgan fingerprint density at radius 1 is 1.48 bits per heavy atom. The maximum atomic E-state index is 11.7. The molecule has 112 valence electrons. The van der Waals surface area contributed by atoms with E-state index in [4.69, 9.17) is 5.11 Å². The molecule has 1 amide bonds. The highest BCUT2D eigenvalue weighted by molar-refractivity contribution is 5.82. The molecule has 0 spiro atoms. The van der Waals surface area contributed by atoms with E-state index in [9.17, 15) is 24.8 Å². The number of carboxylic acid groups (broad SMARTS) is 1.